The van der Waals surface area contributed by atoms with Crippen molar-refractivity contribution in [2.45, 2.75) is 6.61 Å². The lowest BCUT2D eigenvalue weighted by Crippen LogP contribution is -2.21. The first-order valence-corrected chi connectivity index (χ1v) is 7.16. The van der Waals surface area contributed by atoms with Crippen LogP contribution in [0.4, 0.5) is 4.39 Å². The molecule has 0 radical (unpaired) electrons. The van der Waals surface area contributed by atoms with E-state index < -0.39 is 11.4 Å². The lowest BCUT2D eigenvalue weighted by Gasteiger charge is -2.08. The van der Waals surface area contributed by atoms with Gasteiger partial charge in [0.15, 0.2) is 11.5 Å². The van der Waals surface area contributed by atoms with Gasteiger partial charge in [-0.1, -0.05) is 11.3 Å². The highest BCUT2D eigenvalue weighted by atomic mass is 19.1. The second kappa shape index (κ2) is 5.24. The molecular formula is C15H13FN6O2. The maximum Gasteiger partial charge on any atom is 0.264 e. The van der Waals surface area contributed by atoms with Crippen LogP contribution < -0.4 is 5.56 Å². The van der Waals surface area contributed by atoms with Gasteiger partial charge in [0.25, 0.3) is 5.56 Å². The molecule has 8 nitrogen and oxygen atoms in total. The number of methoxy groups -OCH3 is 1. The quantitative estimate of drug-likeness (QED) is 0.562. The molecule has 0 spiro atoms. The highest BCUT2D eigenvalue weighted by Gasteiger charge is 2.18. The molecule has 0 N–H and O–H groups in total. The number of hydrogen-bond donors (Lipinski definition) is 0. The number of rotatable bonds is 3. The molecule has 1 aromatic carbocycles. The van der Waals surface area contributed by atoms with Crippen LogP contribution >= 0.6 is 0 Å². The fourth-order valence-electron chi connectivity index (χ4n) is 2.79. The number of hydrogen-bond acceptors (Lipinski definition) is 5. The lowest BCUT2D eigenvalue weighted by molar-refractivity contribution is 0.181. The van der Waals surface area contributed by atoms with Crippen LogP contribution in [0.3, 0.4) is 0 Å². The Bertz CT molecular complexity index is 1130. The fourth-order valence-corrected chi connectivity index (χ4v) is 2.79. The molecule has 0 fully saturated rings. The van der Waals surface area contributed by atoms with Crippen molar-refractivity contribution < 1.29 is 9.13 Å². The van der Waals surface area contributed by atoms with Crippen molar-refractivity contribution in [2.75, 3.05) is 7.11 Å². The predicted octanol–water partition coefficient (Wildman–Crippen LogP) is 1.05. The van der Waals surface area contributed by atoms with Crippen molar-refractivity contribution in [3.8, 4) is 5.82 Å². The Labute approximate surface area is 134 Å². The summed E-state index contributed by atoms with van der Waals surface area (Å²) in [5.41, 5.74) is 1.14. The zero-order valence-electron chi connectivity index (χ0n) is 13.0. The number of imidazole rings is 1. The number of aromatic nitrogens is 6. The summed E-state index contributed by atoms with van der Waals surface area (Å²) in [6.45, 7) is 0.318. The molecule has 0 unspecified atom stereocenters. The molecule has 0 atom stereocenters. The van der Waals surface area contributed by atoms with Gasteiger partial charge >= 0.3 is 0 Å². The number of aryl methyl sites for hydroxylation is 1. The van der Waals surface area contributed by atoms with Crippen molar-refractivity contribution in [3.63, 3.8) is 0 Å². The van der Waals surface area contributed by atoms with Gasteiger partial charge in [0.1, 0.15) is 17.8 Å². The van der Waals surface area contributed by atoms with Crippen LogP contribution in [0.25, 0.3) is 22.4 Å². The molecule has 122 valence electrons. The third kappa shape index (κ3) is 1.95. The molecule has 0 aliphatic heterocycles. The summed E-state index contributed by atoms with van der Waals surface area (Å²) < 4.78 is 23.6. The van der Waals surface area contributed by atoms with Gasteiger partial charge in [-0.3, -0.25) is 13.8 Å². The van der Waals surface area contributed by atoms with Gasteiger partial charge in [0.2, 0.25) is 0 Å². The Balaban J connectivity index is 2.06. The maximum atomic E-state index is 14.1. The van der Waals surface area contributed by atoms with E-state index in [0.717, 1.165) is 0 Å². The molecule has 4 rings (SSSR count). The van der Waals surface area contributed by atoms with Crippen molar-refractivity contribution in [1.82, 2.24) is 28.9 Å². The summed E-state index contributed by atoms with van der Waals surface area (Å²) in [5.74, 6) is -0.135. The van der Waals surface area contributed by atoms with Crippen molar-refractivity contribution >= 4 is 16.6 Å². The Morgan fingerprint density at radius 2 is 2.17 bits per heavy atom. The maximum absolute atomic E-state index is 14.1. The minimum Gasteiger partial charge on any atom is -0.378 e. The molecule has 0 amide bonds. The molecule has 3 heterocycles. The molecule has 9 heteroatoms. The normalized spacial score (nSPS) is 11.6. The van der Waals surface area contributed by atoms with Crippen molar-refractivity contribution in [2.24, 2.45) is 7.05 Å². The predicted molar refractivity (Wildman–Crippen MR) is 83.5 cm³/mol. The average molecular weight is 328 g/mol. The van der Waals surface area contributed by atoms with E-state index in [9.17, 15) is 9.18 Å². The van der Waals surface area contributed by atoms with Crippen LogP contribution in [0, 0.1) is 5.82 Å². The Kier molecular flexibility index (Phi) is 3.17. The summed E-state index contributed by atoms with van der Waals surface area (Å²) in [6.07, 6.45) is 3.20. The van der Waals surface area contributed by atoms with Crippen LogP contribution in [0.1, 0.15) is 5.69 Å². The minimum absolute atomic E-state index is 0.0233. The molecule has 0 aliphatic carbocycles. The van der Waals surface area contributed by atoms with Gasteiger partial charge in [-0.05, 0) is 12.1 Å². The molecule has 0 saturated heterocycles. The van der Waals surface area contributed by atoms with E-state index in [1.807, 2.05) is 0 Å². The van der Waals surface area contributed by atoms with Crippen LogP contribution in [-0.4, -0.2) is 36.1 Å². The third-order valence-electron chi connectivity index (χ3n) is 3.86. The minimum atomic E-state index is -0.562. The largest absolute Gasteiger partial charge is 0.378 e. The zero-order chi connectivity index (χ0) is 16.8. The first-order chi connectivity index (χ1) is 11.6. The monoisotopic (exact) mass is 328 g/mol. The van der Waals surface area contributed by atoms with E-state index in [-0.39, 0.29) is 5.39 Å². The summed E-state index contributed by atoms with van der Waals surface area (Å²) in [4.78, 5) is 16.9. The van der Waals surface area contributed by atoms with Crippen molar-refractivity contribution in [3.05, 3.63) is 52.6 Å². The van der Waals surface area contributed by atoms with Gasteiger partial charge in [0.05, 0.1) is 23.7 Å². The Morgan fingerprint density at radius 3 is 2.96 bits per heavy atom. The molecule has 0 aliphatic rings. The second-order valence-corrected chi connectivity index (χ2v) is 5.35. The number of ether oxygens (including phenoxy) is 1. The van der Waals surface area contributed by atoms with Gasteiger partial charge in [-0.15, -0.1) is 5.10 Å². The molecule has 24 heavy (non-hydrogen) atoms. The first kappa shape index (κ1) is 14.5. The van der Waals surface area contributed by atoms with Gasteiger partial charge in [-0.2, -0.15) is 4.68 Å². The van der Waals surface area contributed by atoms with Crippen LogP contribution in [-0.2, 0) is 18.4 Å². The highest BCUT2D eigenvalue weighted by molar-refractivity contribution is 5.82. The Morgan fingerprint density at radius 1 is 1.33 bits per heavy atom. The zero-order valence-corrected chi connectivity index (χ0v) is 13.0. The van der Waals surface area contributed by atoms with Crippen LogP contribution in [0.15, 0.2) is 35.5 Å². The van der Waals surface area contributed by atoms with Crippen LogP contribution in [0.5, 0.6) is 0 Å². The smallest absolute Gasteiger partial charge is 0.264 e. The van der Waals surface area contributed by atoms with E-state index in [1.54, 1.807) is 36.9 Å². The molecule has 3 aromatic heterocycles. The topological polar surface area (TPSA) is 79.2 Å². The molecule has 0 bridgehead atoms. The highest BCUT2D eigenvalue weighted by Crippen LogP contribution is 2.20. The standard InChI is InChI=1S/C15H13FN6O2/c1-20-14-13(22-6-9(7-24-2)18-19-22)17-8-21(14)11-5-3-4-10(16)12(11)15(20)23/h3-6,8H,7H2,1-2H3. The molecule has 0 saturated carbocycles. The second-order valence-electron chi connectivity index (χ2n) is 5.35. The SMILES string of the molecule is COCc1cn(-c2ncn3c4cccc(F)c4c(=O)n(C)c23)nn1. The van der Waals surface area contributed by atoms with Crippen LogP contribution in [0.2, 0.25) is 0 Å². The number of halogens is 1. The molecule has 4 aromatic rings. The summed E-state index contributed by atoms with van der Waals surface area (Å²) >= 11 is 0. The van der Waals surface area contributed by atoms with Gasteiger partial charge < -0.3 is 4.74 Å². The fraction of sp³-hybridized carbons (Fsp3) is 0.200. The van der Waals surface area contributed by atoms with Gasteiger partial charge in [-0.25, -0.2) is 9.37 Å². The average Bonchev–Trinajstić information content (AvgIpc) is 3.19. The summed E-state index contributed by atoms with van der Waals surface area (Å²) in [7, 11) is 3.14. The van der Waals surface area contributed by atoms with E-state index in [0.29, 0.717) is 29.3 Å². The summed E-state index contributed by atoms with van der Waals surface area (Å²) in [6, 6.07) is 4.50. The number of fused-ring (bicyclic) bond motifs is 3. The molecular weight excluding hydrogens is 315 g/mol. The Hall–Kier alpha value is -3.07. The lowest BCUT2D eigenvalue weighted by atomic mass is 10.2. The van der Waals surface area contributed by atoms with E-state index in [4.69, 9.17) is 4.74 Å². The van der Waals surface area contributed by atoms with E-state index in [1.165, 1.54) is 21.6 Å². The first-order valence-electron chi connectivity index (χ1n) is 7.16. The number of nitrogens with zero attached hydrogens (tertiary/aromatic N) is 6. The van der Waals surface area contributed by atoms with E-state index in [2.05, 4.69) is 15.3 Å². The van der Waals surface area contributed by atoms with E-state index >= 15 is 0 Å². The number of benzene rings is 1. The van der Waals surface area contributed by atoms with Crippen molar-refractivity contribution in [1.29, 1.82) is 0 Å². The summed E-state index contributed by atoms with van der Waals surface area (Å²) in [5, 5.41) is 8.03. The van der Waals surface area contributed by atoms with Gasteiger partial charge in [0, 0.05) is 14.2 Å². The third-order valence-corrected chi connectivity index (χ3v) is 3.86.